The molecule has 0 aliphatic carbocycles. The Labute approximate surface area is 177 Å². The number of amides is 2. The quantitative estimate of drug-likeness (QED) is 0.587. The highest BCUT2D eigenvalue weighted by molar-refractivity contribution is 9.10. The van der Waals surface area contributed by atoms with E-state index < -0.39 is 24.0 Å². The summed E-state index contributed by atoms with van der Waals surface area (Å²) in [6.45, 7) is 1.38. The van der Waals surface area contributed by atoms with E-state index in [-0.39, 0.29) is 12.3 Å². The van der Waals surface area contributed by atoms with Gasteiger partial charge in [0.25, 0.3) is 0 Å². The van der Waals surface area contributed by atoms with Crippen molar-refractivity contribution in [2.24, 2.45) is 0 Å². The molecule has 29 heavy (non-hydrogen) atoms. The maximum absolute atomic E-state index is 12.7. The van der Waals surface area contributed by atoms with E-state index in [1.165, 1.54) is 14.0 Å². The standard InChI is InChI=1S/C21H23BrN2O5/c1-13(25)23-18(14-6-10-17(28-2)11-7-14)12-19(26)24-20(21(27)29-3)15-4-8-16(22)9-5-15/h4-11,18,20H,12H2,1-3H3,(H,23,25)(H,24,26). The third-order valence-electron chi connectivity index (χ3n) is 4.23. The second kappa shape index (κ2) is 10.6. The average Bonchev–Trinajstić information content (AvgIpc) is 2.71. The lowest BCUT2D eigenvalue weighted by Gasteiger charge is -2.21. The van der Waals surface area contributed by atoms with Crippen molar-refractivity contribution in [3.8, 4) is 5.75 Å². The molecule has 0 bridgehead atoms. The van der Waals surface area contributed by atoms with Crippen LogP contribution < -0.4 is 15.4 Å². The molecule has 154 valence electrons. The first-order valence-corrected chi connectivity index (χ1v) is 9.67. The number of methoxy groups -OCH3 is 2. The van der Waals surface area contributed by atoms with Crippen LogP contribution in [0.2, 0.25) is 0 Å². The van der Waals surface area contributed by atoms with Crippen LogP contribution in [0.4, 0.5) is 0 Å². The van der Waals surface area contributed by atoms with Gasteiger partial charge in [0.2, 0.25) is 11.8 Å². The number of hydrogen-bond acceptors (Lipinski definition) is 5. The summed E-state index contributed by atoms with van der Waals surface area (Å²) in [6.07, 6.45) is -0.0457. The van der Waals surface area contributed by atoms with E-state index in [1.54, 1.807) is 55.6 Å². The van der Waals surface area contributed by atoms with Crippen molar-refractivity contribution in [2.75, 3.05) is 14.2 Å². The fourth-order valence-electron chi connectivity index (χ4n) is 2.79. The van der Waals surface area contributed by atoms with Crippen LogP contribution in [-0.4, -0.2) is 32.0 Å². The Morgan fingerprint density at radius 3 is 2.03 bits per heavy atom. The molecule has 0 aliphatic rings. The van der Waals surface area contributed by atoms with Crippen molar-refractivity contribution in [1.29, 1.82) is 0 Å². The molecule has 0 radical (unpaired) electrons. The van der Waals surface area contributed by atoms with Gasteiger partial charge >= 0.3 is 5.97 Å². The predicted molar refractivity (Wildman–Crippen MR) is 111 cm³/mol. The molecule has 0 saturated carbocycles. The Morgan fingerprint density at radius 2 is 1.52 bits per heavy atom. The van der Waals surface area contributed by atoms with Crippen molar-refractivity contribution >= 4 is 33.7 Å². The van der Waals surface area contributed by atoms with Gasteiger partial charge in [0.15, 0.2) is 6.04 Å². The minimum absolute atomic E-state index is 0.0457. The molecule has 0 spiro atoms. The summed E-state index contributed by atoms with van der Waals surface area (Å²) in [4.78, 5) is 36.5. The molecule has 2 N–H and O–H groups in total. The van der Waals surface area contributed by atoms with Crippen molar-refractivity contribution in [1.82, 2.24) is 10.6 Å². The lowest BCUT2D eigenvalue weighted by molar-refractivity contribution is -0.145. The fourth-order valence-corrected chi connectivity index (χ4v) is 3.05. The van der Waals surface area contributed by atoms with Gasteiger partial charge in [-0.05, 0) is 35.4 Å². The third kappa shape index (κ3) is 6.60. The van der Waals surface area contributed by atoms with Crippen LogP contribution in [0.15, 0.2) is 53.0 Å². The molecule has 0 saturated heterocycles. The molecule has 2 aromatic carbocycles. The van der Waals surface area contributed by atoms with Crippen molar-refractivity contribution < 1.29 is 23.9 Å². The van der Waals surface area contributed by atoms with Crippen molar-refractivity contribution in [3.05, 3.63) is 64.1 Å². The molecule has 8 heteroatoms. The van der Waals surface area contributed by atoms with Crippen LogP contribution in [-0.2, 0) is 19.1 Å². The molecule has 0 aromatic heterocycles. The van der Waals surface area contributed by atoms with E-state index in [0.29, 0.717) is 11.3 Å². The van der Waals surface area contributed by atoms with Gasteiger partial charge < -0.3 is 20.1 Å². The van der Waals surface area contributed by atoms with Gasteiger partial charge in [0.05, 0.1) is 26.7 Å². The molecule has 2 amide bonds. The lowest BCUT2D eigenvalue weighted by Crippen LogP contribution is -2.37. The normalized spacial score (nSPS) is 12.4. The predicted octanol–water partition coefficient (Wildman–Crippen LogP) is 3.06. The first-order chi connectivity index (χ1) is 13.8. The smallest absolute Gasteiger partial charge is 0.333 e. The van der Waals surface area contributed by atoms with Gasteiger partial charge in [0.1, 0.15) is 5.75 Å². The molecule has 0 fully saturated rings. The number of halogens is 1. The molecule has 2 rings (SSSR count). The van der Waals surface area contributed by atoms with E-state index in [4.69, 9.17) is 9.47 Å². The van der Waals surface area contributed by atoms with Gasteiger partial charge in [-0.2, -0.15) is 0 Å². The third-order valence-corrected chi connectivity index (χ3v) is 4.76. The molecule has 2 aromatic rings. The highest BCUT2D eigenvalue weighted by atomic mass is 79.9. The van der Waals surface area contributed by atoms with E-state index in [9.17, 15) is 14.4 Å². The Hall–Kier alpha value is -2.87. The average molecular weight is 463 g/mol. The summed E-state index contributed by atoms with van der Waals surface area (Å²) >= 11 is 3.34. The first kappa shape index (κ1) is 22.4. The van der Waals surface area contributed by atoms with E-state index in [2.05, 4.69) is 26.6 Å². The Kier molecular flexibility index (Phi) is 8.21. The molecule has 7 nitrogen and oxygen atoms in total. The molecule has 2 unspecified atom stereocenters. The fraction of sp³-hybridized carbons (Fsp3) is 0.286. The van der Waals surface area contributed by atoms with E-state index >= 15 is 0 Å². The molecule has 2 atom stereocenters. The number of hydrogen-bond donors (Lipinski definition) is 2. The molecule has 0 heterocycles. The van der Waals surface area contributed by atoms with Gasteiger partial charge in [-0.25, -0.2) is 4.79 Å². The zero-order chi connectivity index (χ0) is 21.4. The number of carbonyl (C=O) groups is 3. The number of rotatable bonds is 8. The van der Waals surface area contributed by atoms with Crippen LogP contribution >= 0.6 is 15.9 Å². The summed E-state index contributed by atoms with van der Waals surface area (Å²) in [5.41, 5.74) is 1.34. The van der Waals surface area contributed by atoms with E-state index in [1.807, 2.05) is 0 Å². The van der Waals surface area contributed by atoms with Crippen LogP contribution in [0.5, 0.6) is 5.75 Å². The Balaban J connectivity index is 2.18. The second-order valence-corrected chi connectivity index (χ2v) is 7.22. The summed E-state index contributed by atoms with van der Waals surface area (Å²) in [7, 11) is 2.82. The molecule has 0 aliphatic heterocycles. The Bertz CT molecular complexity index is 852. The highest BCUT2D eigenvalue weighted by Gasteiger charge is 2.25. The minimum Gasteiger partial charge on any atom is -0.497 e. The maximum Gasteiger partial charge on any atom is 0.333 e. The summed E-state index contributed by atoms with van der Waals surface area (Å²) < 4.78 is 10.8. The highest BCUT2D eigenvalue weighted by Crippen LogP contribution is 2.22. The maximum atomic E-state index is 12.7. The van der Waals surface area contributed by atoms with Crippen LogP contribution in [0.25, 0.3) is 0 Å². The van der Waals surface area contributed by atoms with Gasteiger partial charge in [-0.15, -0.1) is 0 Å². The second-order valence-electron chi connectivity index (χ2n) is 6.31. The summed E-state index contributed by atoms with van der Waals surface area (Å²) in [6, 6.07) is 12.5. The van der Waals surface area contributed by atoms with E-state index in [0.717, 1.165) is 10.0 Å². The number of nitrogens with one attached hydrogen (secondary N) is 2. The number of benzene rings is 2. The van der Waals surface area contributed by atoms with Crippen LogP contribution in [0.1, 0.15) is 36.6 Å². The van der Waals surface area contributed by atoms with Gasteiger partial charge in [0, 0.05) is 11.4 Å². The number of carbonyl (C=O) groups excluding carboxylic acids is 3. The largest absolute Gasteiger partial charge is 0.497 e. The van der Waals surface area contributed by atoms with Gasteiger partial charge in [-0.1, -0.05) is 40.2 Å². The first-order valence-electron chi connectivity index (χ1n) is 8.87. The molecular weight excluding hydrogens is 440 g/mol. The lowest BCUT2D eigenvalue weighted by atomic mass is 10.0. The van der Waals surface area contributed by atoms with Crippen molar-refractivity contribution in [3.63, 3.8) is 0 Å². The van der Waals surface area contributed by atoms with Gasteiger partial charge in [-0.3, -0.25) is 9.59 Å². The minimum atomic E-state index is -0.950. The van der Waals surface area contributed by atoms with Crippen molar-refractivity contribution in [2.45, 2.75) is 25.4 Å². The monoisotopic (exact) mass is 462 g/mol. The number of ether oxygens (including phenoxy) is 2. The zero-order valence-electron chi connectivity index (χ0n) is 16.4. The zero-order valence-corrected chi connectivity index (χ0v) is 18.0. The topological polar surface area (TPSA) is 93.7 Å². The summed E-state index contributed by atoms with van der Waals surface area (Å²) in [5, 5.41) is 5.46. The summed E-state index contributed by atoms with van der Waals surface area (Å²) in [5.74, 6) is -0.587. The number of esters is 1. The van der Waals surface area contributed by atoms with Crippen LogP contribution in [0.3, 0.4) is 0 Å². The Morgan fingerprint density at radius 1 is 0.931 bits per heavy atom. The molecular formula is C21H23BrN2O5. The van der Waals surface area contributed by atoms with Crippen LogP contribution in [0, 0.1) is 0 Å². The SMILES string of the molecule is COC(=O)C(NC(=O)CC(NC(C)=O)c1ccc(OC)cc1)c1ccc(Br)cc1.